The highest BCUT2D eigenvalue weighted by Gasteiger charge is 2.34. The molecule has 1 fully saturated rings. The first-order chi connectivity index (χ1) is 8.83. The summed E-state index contributed by atoms with van der Waals surface area (Å²) in [5, 5.41) is 0. The van der Waals surface area contributed by atoms with E-state index >= 15 is 0 Å². The zero-order valence-electron chi connectivity index (χ0n) is 12.7. The second-order valence-corrected chi connectivity index (χ2v) is 8.26. The minimum absolute atomic E-state index is 0.107. The molecule has 0 spiro atoms. The number of nitrogens with two attached hydrogens (primary N) is 1. The molecule has 0 radical (unpaired) electrons. The van der Waals surface area contributed by atoms with Crippen molar-refractivity contribution in [2.24, 2.45) is 11.1 Å². The number of piperidine rings is 1. The Labute approximate surface area is 118 Å². The van der Waals surface area contributed by atoms with E-state index in [4.69, 9.17) is 5.73 Å². The quantitative estimate of drug-likeness (QED) is 0.783. The fourth-order valence-corrected chi connectivity index (χ4v) is 4.24. The van der Waals surface area contributed by atoms with Gasteiger partial charge in [0.15, 0.2) is 0 Å². The lowest BCUT2D eigenvalue weighted by Gasteiger charge is -2.38. The van der Waals surface area contributed by atoms with Crippen molar-refractivity contribution >= 4 is 10.0 Å². The van der Waals surface area contributed by atoms with Gasteiger partial charge in [-0.15, -0.1) is 0 Å². The van der Waals surface area contributed by atoms with E-state index in [1.807, 2.05) is 0 Å². The van der Waals surface area contributed by atoms with E-state index in [9.17, 15) is 8.42 Å². The van der Waals surface area contributed by atoms with Gasteiger partial charge in [-0.2, -0.15) is 0 Å². The maximum Gasteiger partial charge on any atom is 0.215 e. The lowest BCUT2D eigenvalue weighted by Crippen LogP contribution is -2.45. The smallest absolute Gasteiger partial charge is 0.215 e. The van der Waals surface area contributed by atoms with Crippen molar-refractivity contribution in [3.8, 4) is 0 Å². The van der Waals surface area contributed by atoms with Gasteiger partial charge in [0.2, 0.25) is 10.0 Å². The molecule has 0 aromatic heterocycles. The molecule has 1 aliphatic rings. The highest BCUT2D eigenvalue weighted by Crippen LogP contribution is 2.34. The number of hydrogen-bond donors (Lipinski definition) is 1. The second kappa shape index (κ2) is 7.04. The Balaban J connectivity index is 2.51. The minimum Gasteiger partial charge on any atom is -0.327 e. The van der Waals surface area contributed by atoms with Gasteiger partial charge in [0.1, 0.15) is 0 Å². The molecule has 19 heavy (non-hydrogen) atoms. The normalized spacial score (nSPS) is 22.3. The van der Waals surface area contributed by atoms with Crippen LogP contribution in [0.15, 0.2) is 0 Å². The number of sulfonamides is 1. The molecule has 1 unspecified atom stereocenters. The van der Waals surface area contributed by atoms with Gasteiger partial charge in [-0.3, -0.25) is 0 Å². The van der Waals surface area contributed by atoms with Crippen molar-refractivity contribution in [1.29, 1.82) is 0 Å². The molecule has 0 saturated carbocycles. The Morgan fingerprint density at radius 1 is 1.26 bits per heavy atom. The predicted molar refractivity (Wildman–Crippen MR) is 80.5 cm³/mol. The average molecular weight is 290 g/mol. The lowest BCUT2D eigenvalue weighted by molar-refractivity contribution is 0.168. The molecular formula is C14H30N2O2S. The monoisotopic (exact) mass is 290 g/mol. The highest BCUT2D eigenvalue weighted by atomic mass is 32.2. The average Bonchev–Trinajstić information content (AvgIpc) is 2.36. The van der Waals surface area contributed by atoms with Gasteiger partial charge in [-0.25, -0.2) is 12.7 Å². The maximum atomic E-state index is 12.3. The van der Waals surface area contributed by atoms with Crippen LogP contribution in [-0.4, -0.2) is 37.6 Å². The summed E-state index contributed by atoms with van der Waals surface area (Å²) >= 11 is 0. The van der Waals surface area contributed by atoms with Crippen LogP contribution in [0.3, 0.4) is 0 Å². The largest absolute Gasteiger partial charge is 0.327 e. The van der Waals surface area contributed by atoms with E-state index in [0.29, 0.717) is 18.5 Å². The van der Waals surface area contributed by atoms with Crippen molar-refractivity contribution in [3.63, 3.8) is 0 Å². The summed E-state index contributed by atoms with van der Waals surface area (Å²) in [7, 11) is -3.16. The molecule has 0 aromatic rings. The van der Waals surface area contributed by atoms with Gasteiger partial charge in [0.05, 0.1) is 5.75 Å². The summed E-state index contributed by atoms with van der Waals surface area (Å²) in [6.45, 7) is 7.85. The molecule has 0 amide bonds. The third-order valence-electron chi connectivity index (χ3n) is 4.53. The zero-order chi connectivity index (χ0) is 14.5. The number of unbranched alkanes of at least 4 members (excludes halogenated alkanes) is 1. The molecule has 0 bridgehead atoms. The van der Waals surface area contributed by atoms with Crippen LogP contribution < -0.4 is 5.73 Å². The van der Waals surface area contributed by atoms with Crippen molar-refractivity contribution in [1.82, 2.24) is 4.31 Å². The number of hydrogen-bond acceptors (Lipinski definition) is 3. The molecule has 1 heterocycles. The summed E-state index contributed by atoms with van der Waals surface area (Å²) in [5.41, 5.74) is 6.24. The van der Waals surface area contributed by atoms with Gasteiger partial charge < -0.3 is 5.73 Å². The molecule has 0 aliphatic carbocycles. The Morgan fingerprint density at radius 2 is 1.84 bits per heavy atom. The molecule has 1 saturated heterocycles. The molecule has 1 rings (SSSR count). The van der Waals surface area contributed by atoms with Crippen molar-refractivity contribution in [2.45, 2.75) is 65.3 Å². The van der Waals surface area contributed by atoms with Crippen LogP contribution in [0.25, 0.3) is 0 Å². The molecule has 2 N–H and O–H groups in total. The van der Waals surface area contributed by atoms with Crippen LogP contribution >= 0.6 is 0 Å². The molecular weight excluding hydrogens is 260 g/mol. The molecule has 114 valence electrons. The SMILES string of the molecule is CCCCC(N)CS(=O)(=O)N1CCC(C)(CC)CC1. The van der Waals surface area contributed by atoms with Crippen LogP contribution in [0.2, 0.25) is 0 Å². The Kier molecular flexibility index (Phi) is 6.27. The summed E-state index contributed by atoms with van der Waals surface area (Å²) in [5.74, 6) is 0.107. The predicted octanol–water partition coefficient (Wildman–Crippen LogP) is 2.35. The van der Waals surface area contributed by atoms with E-state index in [-0.39, 0.29) is 11.8 Å². The first kappa shape index (κ1) is 16.9. The minimum atomic E-state index is -3.16. The topological polar surface area (TPSA) is 63.4 Å². The molecule has 5 heteroatoms. The van der Waals surface area contributed by atoms with E-state index in [0.717, 1.165) is 38.5 Å². The maximum absolute atomic E-state index is 12.3. The van der Waals surface area contributed by atoms with Crippen molar-refractivity contribution in [3.05, 3.63) is 0 Å². The third kappa shape index (κ3) is 5.04. The van der Waals surface area contributed by atoms with Crippen LogP contribution in [0, 0.1) is 5.41 Å². The van der Waals surface area contributed by atoms with Crippen LogP contribution in [0.5, 0.6) is 0 Å². The van der Waals surface area contributed by atoms with Crippen LogP contribution in [0.1, 0.15) is 59.3 Å². The van der Waals surface area contributed by atoms with E-state index in [1.165, 1.54) is 0 Å². The van der Waals surface area contributed by atoms with Gasteiger partial charge in [-0.05, 0) is 24.7 Å². The first-order valence-corrected chi connectivity index (χ1v) is 9.17. The van der Waals surface area contributed by atoms with Gasteiger partial charge in [0, 0.05) is 19.1 Å². The Hall–Kier alpha value is -0.130. The zero-order valence-corrected chi connectivity index (χ0v) is 13.5. The van der Waals surface area contributed by atoms with Gasteiger partial charge in [-0.1, -0.05) is 40.0 Å². The lowest BCUT2D eigenvalue weighted by atomic mass is 9.79. The van der Waals surface area contributed by atoms with Crippen molar-refractivity contribution in [2.75, 3.05) is 18.8 Å². The van der Waals surface area contributed by atoms with Crippen LogP contribution in [-0.2, 0) is 10.0 Å². The summed E-state index contributed by atoms with van der Waals surface area (Å²) in [6, 6.07) is -0.218. The summed E-state index contributed by atoms with van der Waals surface area (Å²) in [4.78, 5) is 0. The number of nitrogens with zero attached hydrogens (tertiary/aromatic N) is 1. The molecule has 4 nitrogen and oxygen atoms in total. The van der Waals surface area contributed by atoms with Crippen molar-refractivity contribution < 1.29 is 8.42 Å². The van der Waals surface area contributed by atoms with E-state index in [2.05, 4.69) is 20.8 Å². The van der Waals surface area contributed by atoms with Gasteiger partial charge in [0.25, 0.3) is 0 Å². The molecule has 1 aliphatic heterocycles. The van der Waals surface area contributed by atoms with E-state index < -0.39 is 10.0 Å². The van der Waals surface area contributed by atoms with Gasteiger partial charge >= 0.3 is 0 Å². The first-order valence-electron chi connectivity index (χ1n) is 7.56. The Morgan fingerprint density at radius 3 is 2.32 bits per heavy atom. The molecule has 1 atom stereocenters. The highest BCUT2D eigenvalue weighted by molar-refractivity contribution is 7.89. The second-order valence-electron chi connectivity index (χ2n) is 6.24. The van der Waals surface area contributed by atoms with Crippen LogP contribution in [0.4, 0.5) is 0 Å². The fourth-order valence-electron chi connectivity index (χ4n) is 2.58. The fraction of sp³-hybridized carbons (Fsp3) is 1.00. The Bertz CT molecular complexity index is 360. The summed E-state index contributed by atoms with van der Waals surface area (Å²) in [6.07, 6.45) is 5.92. The van der Waals surface area contributed by atoms with E-state index in [1.54, 1.807) is 4.31 Å². The number of rotatable bonds is 7. The molecule has 0 aromatic carbocycles. The standard InChI is InChI=1S/C14H30N2O2S/c1-4-6-7-13(15)12-19(17,18)16-10-8-14(3,5-2)9-11-16/h13H,4-12,15H2,1-3H3. The third-order valence-corrected chi connectivity index (χ3v) is 6.53. The summed E-state index contributed by atoms with van der Waals surface area (Å²) < 4.78 is 26.3.